The molecule has 1 saturated heterocycles. The van der Waals surface area contributed by atoms with Crippen LogP contribution in [-0.2, 0) is 7.05 Å². The fraction of sp³-hybridized carbons (Fsp3) is 0.526. The van der Waals surface area contributed by atoms with E-state index in [-0.39, 0.29) is 11.7 Å². The average molecular weight is 355 g/mol. The Kier molecular flexibility index (Phi) is 3.21. The molecule has 2 saturated carbocycles. The number of carbonyl (C=O) groups excluding carboxylic acids is 1. The zero-order chi connectivity index (χ0) is 18.2. The number of amides is 2. The third kappa shape index (κ3) is 2.19. The van der Waals surface area contributed by atoms with Crippen molar-refractivity contribution in [3.63, 3.8) is 0 Å². The number of rotatable bonds is 2. The number of hydrogen-bond donors (Lipinski definition) is 1. The van der Waals surface area contributed by atoms with E-state index >= 15 is 0 Å². The summed E-state index contributed by atoms with van der Waals surface area (Å²) in [6, 6.07) is 3.58. The van der Waals surface area contributed by atoms with Crippen LogP contribution < -0.4 is 5.32 Å². The minimum Gasteiger partial charge on any atom is -0.318 e. The molecule has 3 aliphatic rings. The third-order valence-electron chi connectivity index (χ3n) is 6.26. The first kappa shape index (κ1) is 15.8. The first-order chi connectivity index (χ1) is 12.4. The number of nitrogens with one attached hydrogen (secondary N) is 1. The van der Waals surface area contributed by atoms with Gasteiger partial charge in [-0.2, -0.15) is 5.10 Å². The van der Waals surface area contributed by atoms with Gasteiger partial charge >= 0.3 is 6.03 Å². The lowest BCUT2D eigenvalue weighted by atomic mass is 9.85. The molecule has 1 aromatic carbocycles. The van der Waals surface area contributed by atoms with Gasteiger partial charge in [0.15, 0.2) is 5.82 Å². The van der Waals surface area contributed by atoms with Crippen molar-refractivity contribution < 1.29 is 9.18 Å². The maximum atomic E-state index is 14.5. The normalized spacial score (nSPS) is 31.2. The number of likely N-dealkylation sites (tertiary alicyclic amines) is 1. The summed E-state index contributed by atoms with van der Waals surface area (Å²) in [4.78, 5) is 19.0. The van der Waals surface area contributed by atoms with Gasteiger partial charge in [-0.25, -0.2) is 14.2 Å². The van der Waals surface area contributed by atoms with Crippen LogP contribution >= 0.6 is 0 Å². The Balaban J connectivity index is 1.40. The van der Waals surface area contributed by atoms with Crippen LogP contribution in [0, 0.1) is 30.5 Å². The Morgan fingerprint density at radius 1 is 1.35 bits per heavy atom. The molecule has 2 aromatic rings. The van der Waals surface area contributed by atoms with E-state index in [1.807, 2.05) is 11.8 Å². The highest BCUT2D eigenvalue weighted by Gasteiger charge is 2.71. The van der Waals surface area contributed by atoms with E-state index in [2.05, 4.69) is 22.3 Å². The van der Waals surface area contributed by atoms with Crippen LogP contribution in [0.5, 0.6) is 0 Å². The smallest absolute Gasteiger partial charge is 0.318 e. The SMILES string of the molecule is Cc1cc(F)c(NC(=O)N2C3C[C@H](C)C[C@H]4C2[C@H]34)cc1-c1ncn(C)n1. The van der Waals surface area contributed by atoms with Crippen LogP contribution in [0.15, 0.2) is 18.5 Å². The van der Waals surface area contributed by atoms with Gasteiger partial charge in [-0.15, -0.1) is 0 Å². The van der Waals surface area contributed by atoms with Crippen molar-refractivity contribution in [3.05, 3.63) is 29.8 Å². The second-order valence-corrected chi connectivity index (χ2v) is 8.10. The molecule has 2 aliphatic carbocycles. The van der Waals surface area contributed by atoms with E-state index in [1.54, 1.807) is 24.1 Å². The third-order valence-corrected chi connectivity index (χ3v) is 6.26. The fourth-order valence-corrected chi connectivity index (χ4v) is 5.07. The predicted octanol–water partition coefficient (Wildman–Crippen LogP) is 3.19. The number of benzene rings is 1. The van der Waals surface area contributed by atoms with Crippen LogP contribution in [0.2, 0.25) is 0 Å². The molecule has 2 unspecified atom stereocenters. The summed E-state index contributed by atoms with van der Waals surface area (Å²) in [5.74, 6) is 2.11. The lowest BCUT2D eigenvalue weighted by molar-refractivity contribution is 0.0988. The Bertz CT molecular complexity index is 909. The maximum absolute atomic E-state index is 14.5. The Morgan fingerprint density at radius 2 is 2.15 bits per heavy atom. The number of aryl methyl sites for hydroxylation is 2. The second kappa shape index (κ2) is 5.28. The summed E-state index contributed by atoms with van der Waals surface area (Å²) < 4.78 is 16.1. The van der Waals surface area contributed by atoms with E-state index in [4.69, 9.17) is 0 Å². The summed E-state index contributed by atoms with van der Waals surface area (Å²) in [6.07, 6.45) is 3.87. The molecule has 1 N–H and O–H groups in total. The Morgan fingerprint density at radius 3 is 2.88 bits per heavy atom. The topological polar surface area (TPSA) is 63.1 Å². The van der Waals surface area contributed by atoms with Crippen molar-refractivity contribution in [2.24, 2.45) is 24.8 Å². The monoisotopic (exact) mass is 355 g/mol. The van der Waals surface area contributed by atoms with Gasteiger partial charge in [0.25, 0.3) is 0 Å². The maximum Gasteiger partial charge on any atom is 0.322 e. The molecule has 0 spiro atoms. The van der Waals surface area contributed by atoms with Crippen LogP contribution in [-0.4, -0.2) is 37.8 Å². The van der Waals surface area contributed by atoms with Gasteiger partial charge in [-0.1, -0.05) is 6.92 Å². The van der Waals surface area contributed by atoms with Crippen molar-refractivity contribution in [2.75, 3.05) is 5.32 Å². The highest BCUT2D eigenvalue weighted by Crippen LogP contribution is 2.64. The van der Waals surface area contributed by atoms with Gasteiger partial charge in [-0.3, -0.25) is 4.68 Å². The first-order valence-corrected chi connectivity index (χ1v) is 9.19. The first-order valence-electron chi connectivity index (χ1n) is 9.19. The molecule has 2 heterocycles. The predicted molar refractivity (Wildman–Crippen MR) is 94.9 cm³/mol. The number of nitrogens with zero attached hydrogens (tertiary/aromatic N) is 4. The van der Waals surface area contributed by atoms with Crippen molar-refractivity contribution in [1.29, 1.82) is 0 Å². The molecule has 136 valence electrons. The molecule has 5 atom stereocenters. The van der Waals surface area contributed by atoms with Gasteiger partial charge in [0.1, 0.15) is 12.1 Å². The van der Waals surface area contributed by atoms with Gasteiger partial charge in [-0.05, 0) is 49.3 Å². The number of anilines is 1. The number of urea groups is 1. The van der Waals surface area contributed by atoms with Gasteiger partial charge < -0.3 is 10.2 Å². The molecular weight excluding hydrogens is 333 g/mol. The minimum atomic E-state index is -0.431. The molecular formula is C19H22FN5O. The van der Waals surface area contributed by atoms with Crippen LogP contribution in [0.4, 0.5) is 14.9 Å². The van der Waals surface area contributed by atoms with Gasteiger partial charge in [0, 0.05) is 30.6 Å². The molecule has 7 heteroatoms. The molecule has 1 aliphatic heterocycles. The molecule has 5 rings (SSSR count). The summed E-state index contributed by atoms with van der Waals surface area (Å²) >= 11 is 0. The van der Waals surface area contributed by atoms with Crippen LogP contribution in [0.25, 0.3) is 11.4 Å². The van der Waals surface area contributed by atoms with E-state index in [0.29, 0.717) is 35.7 Å². The molecule has 0 bridgehead atoms. The molecule has 2 amide bonds. The zero-order valence-electron chi connectivity index (χ0n) is 15.1. The molecule has 6 nitrogen and oxygen atoms in total. The Hall–Kier alpha value is -2.44. The molecule has 26 heavy (non-hydrogen) atoms. The van der Waals surface area contributed by atoms with E-state index in [9.17, 15) is 9.18 Å². The molecule has 3 fully saturated rings. The highest BCUT2D eigenvalue weighted by atomic mass is 19.1. The van der Waals surface area contributed by atoms with Crippen molar-refractivity contribution >= 4 is 11.7 Å². The summed E-state index contributed by atoms with van der Waals surface area (Å²) in [6.45, 7) is 4.07. The quantitative estimate of drug-likeness (QED) is 0.900. The van der Waals surface area contributed by atoms with Gasteiger partial charge in [0.2, 0.25) is 0 Å². The summed E-state index contributed by atoms with van der Waals surface area (Å²) in [7, 11) is 1.78. The largest absolute Gasteiger partial charge is 0.322 e. The van der Waals surface area contributed by atoms with E-state index < -0.39 is 5.82 Å². The number of aromatic nitrogens is 3. The number of hydrogen-bond acceptors (Lipinski definition) is 3. The van der Waals surface area contributed by atoms with Gasteiger partial charge in [0.05, 0.1) is 5.69 Å². The van der Waals surface area contributed by atoms with Crippen molar-refractivity contribution in [2.45, 2.75) is 38.8 Å². The van der Waals surface area contributed by atoms with E-state index in [0.717, 1.165) is 17.5 Å². The lowest BCUT2D eigenvalue weighted by Gasteiger charge is -2.41. The lowest BCUT2D eigenvalue weighted by Crippen LogP contribution is -2.54. The van der Waals surface area contributed by atoms with Crippen molar-refractivity contribution in [3.8, 4) is 11.4 Å². The number of carbonyl (C=O) groups is 1. The Labute approximate surface area is 151 Å². The van der Waals surface area contributed by atoms with Crippen LogP contribution in [0.1, 0.15) is 25.3 Å². The van der Waals surface area contributed by atoms with E-state index in [1.165, 1.54) is 12.5 Å². The van der Waals surface area contributed by atoms with Crippen molar-refractivity contribution in [1.82, 2.24) is 19.7 Å². The number of fused-ring (bicyclic) bond motifs is 1. The minimum absolute atomic E-state index is 0.185. The summed E-state index contributed by atoms with van der Waals surface area (Å²) in [5, 5.41) is 7.08. The average Bonchev–Trinajstić information content (AvgIpc) is 3.04. The standard InChI is InChI=1S/C19H22FN5O/c1-9-4-12-16-15(5-9)25(17(12)16)19(26)22-14-7-11(10(2)6-13(14)20)18-21-8-24(3)23-18/h6-9,12,15-17H,4-5H2,1-3H3,(H,22,26)/t9-,12-,15?,16+,17?/m1/s1. The fourth-order valence-electron chi connectivity index (χ4n) is 5.07. The summed E-state index contributed by atoms with van der Waals surface area (Å²) in [5.41, 5.74) is 1.65. The van der Waals surface area contributed by atoms with Crippen LogP contribution in [0.3, 0.4) is 0 Å². The highest BCUT2D eigenvalue weighted by molar-refractivity contribution is 5.92. The number of halogens is 1. The molecule has 1 aromatic heterocycles. The molecule has 0 radical (unpaired) electrons. The second-order valence-electron chi connectivity index (χ2n) is 8.10. The zero-order valence-corrected chi connectivity index (χ0v) is 15.1.